The van der Waals surface area contributed by atoms with Crippen molar-refractivity contribution in [2.24, 2.45) is 0 Å². The highest BCUT2D eigenvalue weighted by atomic mass is 32.1. The van der Waals surface area contributed by atoms with Gasteiger partial charge in [-0.05, 0) is 49.3 Å². The zero-order valence-corrected chi connectivity index (χ0v) is 15.1. The molecule has 0 spiro atoms. The van der Waals surface area contributed by atoms with Crippen molar-refractivity contribution >= 4 is 39.0 Å². The van der Waals surface area contributed by atoms with Gasteiger partial charge in [0.05, 0.1) is 22.0 Å². The first-order valence-corrected chi connectivity index (χ1v) is 9.84. The molecule has 0 saturated carbocycles. The minimum absolute atomic E-state index is 0.0609. The van der Waals surface area contributed by atoms with E-state index in [0.29, 0.717) is 4.88 Å². The Morgan fingerprint density at radius 1 is 1.33 bits per heavy atom. The lowest BCUT2D eigenvalue weighted by Gasteiger charge is -2.34. The molecule has 2 aromatic heterocycles. The number of para-hydroxylation sites is 1. The third kappa shape index (κ3) is 2.71. The molecule has 1 aromatic carbocycles. The van der Waals surface area contributed by atoms with E-state index in [-0.39, 0.29) is 11.9 Å². The molecule has 24 heavy (non-hydrogen) atoms. The summed E-state index contributed by atoms with van der Waals surface area (Å²) in [5.74, 6) is 0.0609. The summed E-state index contributed by atoms with van der Waals surface area (Å²) < 4.78 is 5.15. The van der Waals surface area contributed by atoms with Gasteiger partial charge in [0.2, 0.25) is 0 Å². The molecule has 7 heteroatoms. The molecule has 0 aliphatic carbocycles. The second-order valence-corrected chi connectivity index (χ2v) is 7.75. The Morgan fingerprint density at radius 3 is 3.04 bits per heavy atom. The Bertz CT molecular complexity index is 839. The second-order valence-electron chi connectivity index (χ2n) is 5.93. The first kappa shape index (κ1) is 15.7. The number of hydrogen-bond acceptors (Lipinski definition) is 6. The zero-order valence-electron chi connectivity index (χ0n) is 13.4. The first-order valence-electron chi connectivity index (χ1n) is 8.25. The van der Waals surface area contributed by atoms with Gasteiger partial charge < -0.3 is 4.90 Å². The molecule has 0 N–H and O–H groups in total. The van der Waals surface area contributed by atoms with Crippen LogP contribution in [0.2, 0.25) is 0 Å². The molecule has 1 atom stereocenters. The maximum absolute atomic E-state index is 13.1. The average Bonchev–Trinajstić information content (AvgIpc) is 3.27. The molecule has 3 aromatic rings. The van der Waals surface area contributed by atoms with E-state index in [9.17, 15) is 4.79 Å². The number of thiazole rings is 1. The number of benzene rings is 1. The molecule has 1 amide bonds. The van der Waals surface area contributed by atoms with Gasteiger partial charge in [-0.2, -0.15) is 0 Å². The topological polar surface area (TPSA) is 59.0 Å². The lowest BCUT2D eigenvalue weighted by atomic mass is 10.0. The van der Waals surface area contributed by atoms with Crippen molar-refractivity contribution < 1.29 is 4.79 Å². The fraction of sp³-hybridized carbons (Fsp3) is 0.412. The molecule has 1 fully saturated rings. The van der Waals surface area contributed by atoms with Gasteiger partial charge in [0.15, 0.2) is 0 Å². The molecule has 1 unspecified atom stereocenters. The highest BCUT2D eigenvalue weighted by molar-refractivity contribution is 7.18. The van der Waals surface area contributed by atoms with E-state index in [1.165, 1.54) is 16.2 Å². The van der Waals surface area contributed by atoms with Gasteiger partial charge in [0, 0.05) is 6.54 Å². The highest BCUT2D eigenvalue weighted by Crippen LogP contribution is 2.36. The smallest absolute Gasteiger partial charge is 0.268 e. The van der Waals surface area contributed by atoms with Crippen LogP contribution in [0.5, 0.6) is 0 Å². The van der Waals surface area contributed by atoms with E-state index in [4.69, 9.17) is 4.98 Å². The van der Waals surface area contributed by atoms with Gasteiger partial charge in [-0.1, -0.05) is 23.5 Å². The summed E-state index contributed by atoms with van der Waals surface area (Å²) in [6.07, 6.45) is 3.88. The Balaban J connectivity index is 1.69. The van der Waals surface area contributed by atoms with Gasteiger partial charge in [-0.15, -0.1) is 16.4 Å². The van der Waals surface area contributed by atoms with E-state index in [1.54, 1.807) is 11.3 Å². The average molecular weight is 358 g/mol. The van der Waals surface area contributed by atoms with Crippen LogP contribution in [0.3, 0.4) is 0 Å². The van der Waals surface area contributed by atoms with E-state index in [2.05, 4.69) is 15.7 Å². The van der Waals surface area contributed by atoms with Crippen LogP contribution in [-0.4, -0.2) is 31.9 Å². The fourth-order valence-corrected chi connectivity index (χ4v) is 5.02. The maximum Gasteiger partial charge on any atom is 0.268 e. The fourth-order valence-electron chi connectivity index (χ4n) is 3.20. The first-order chi connectivity index (χ1) is 11.8. The number of nitrogens with zero attached hydrogens (tertiary/aromatic N) is 4. The monoisotopic (exact) mass is 358 g/mol. The molecule has 1 saturated heterocycles. The number of piperidine rings is 1. The van der Waals surface area contributed by atoms with E-state index >= 15 is 0 Å². The van der Waals surface area contributed by atoms with Crippen LogP contribution in [0.1, 0.15) is 52.6 Å². The van der Waals surface area contributed by atoms with Crippen molar-refractivity contribution in [3.8, 4) is 0 Å². The van der Waals surface area contributed by atoms with Crippen molar-refractivity contribution in [1.29, 1.82) is 0 Å². The van der Waals surface area contributed by atoms with Crippen molar-refractivity contribution in [1.82, 2.24) is 19.5 Å². The summed E-state index contributed by atoms with van der Waals surface area (Å²) in [6.45, 7) is 2.79. The van der Waals surface area contributed by atoms with Crippen LogP contribution in [-0.2, 0) is 6.42 Å². The van der Waals surface area contributed by atoms with Gasteiger partial charge >= 0.3 is 0 Å². The SMILES string of the molecule is CCc1nnsc1C(=O)N1CCCCC1c1nc2ccccc2s1. The molecule has 124 valence electrons. The predicted molar refractivity (Wildman–Crippen MR) is 96.5 cm³/mol. The molecule has 5 nitrogen and oxygen atoms in total. The third-order valence-electron chi connectivity index (χ3n) is 4.44. The van der Waals surface area contributed by atoms with Gasteiger partial charge in [0.1, 0.15) is 9.88 Å². The van der Waals surface area contributed by atoms with Gasteiger partial charge in [0.25, 0.3) is 5.91 Å². The number of fused-ring (bicyclic) bond motifs is 1. The highest BCUT2D eigenvalue weighted by Gasteiger charge is 2.32. The lowest BCUT2D eigenvalue weighted by molar-refractivity contribution is 0.0615. The number of aryl methyl sites for hydroxylation is 1. The number of carbonyl (C=O) groups excluding carboxylic acids is 1. The quantitative estimate of drug-likeness (QED) is 0.708. The number of rotatable bonds is 3. The molecular weight excluding hydrogens is 340 g/mol. The standard InChI is InChI=1S/C17H18N4OS2/c1-2-11-15(24-20-19-11)17(22)21-10-6-5-8-13(21)16-18-12-7-3-4-9-14(12)23-16/h3-4,7,9,13H,2,5-6,8,10H2,1H3. The number of likely N-dealkylation sites (tertiary alicyclic amines) is 1. The van der Waals surface area contributed by atoms with Gasteiger partial charge in [-0.3, -0.25) is 4.79 Å². The summed E-state index contributed by atoms with van der Waals surface area (Å²) in [7, 11) is 0. The Kier molecular flexibility index (Phi) is 4.28. The molecule has 1 aliphatic rings. The normalized spacial score (nSPS) is 18.2. The van der Waals surface area contributed by atoms with Crippen molar-refractivity contribution in [2.75, 3.05) is 6.54 Å². The van der Waals surface area contributed by atoms with Crippen LogP contribution in [0.4, 0.5) is 0 Å². The Morgan fingerprint density at radius 2 is 2.21 bits per heavy atom. The maximum atomic E-state index is 13.1. The molecule has 1 aliphatic heterocycles. The van der Waals surface area contributed by atoms with Crippen LogP contribution in [0, 0.1) is 0 Å². The Hall–Kier alpha value is -1.86. The predicted octanol–water partition coefficient (Wildman–Crippen LogP) is 4.08. The Labute approximate surface area is 148 Å². The zero-order chi connectivity index (χ0) is 16.5. The van der Waals surface area contributed by atoms with Crippen LogP contribution < -0.4 is 0 Å². The number of hydrogen-bond donors (Lipinski definition) is 0. The summed E-state index contributed by atoms with van der Waals surface area (Å²) in [5, 5.41) is 5.13. The summed E-state index contributed by atoms with van der Waals surface area (Å²) in [4.78, 5) is 20.5. The van der Waals surface area contributed by atoms with Crippen molar-refractivity contribution in [2.45, 2.75) is 38.6 Å². The third-order valence-corrected chi connectivity index (χ3v) is 6.34. The van der Waals surface area contributed by atoms with Crippen molar-refractivity contribution in [3.63, 3.8) is 0 Å². The van der Waals surface area contributed by atoms with E-state index in [1.807, 2.05) is 30.0 Å². The second kappa shape index (κ2) is 6.57. The van der Waals surface area contributed by atoms with Crippen molar-refractivity contribution in [3.05, 3.63) is 39.8 Å². The lowest BCUT2D eigenvalue weighted by Crippen LogP contribution is -2.38. The molecule has 0 bridgehead atoms. The molecule has 3 heterocycles. The van der Waals surface area contributed by atoms with E-state index < -0.39 is 0 Å². The van der Waals surface area contributed by atoms with Crippen LogP contribution in [0.15, 0.2) is 24.3 Å². The number of amides is 1. The molecule has 0 radical (unpaired) electrons. The van der Waals surface area contributed by atoms with Crippen LogP contribution >= 0.6 is 22.9 Å². The summed E-state index contributed by atoms with van der Waals surface area (Å²) in [5.41, 5.74) is 1.82. The molecular formula is C17H18N4OS2. The summed E-state index contributed by atoms with van der Waals surface area (Å²) >= 11 is 2.91. The van der Waals surface area contributed by atoms with Gasteiger partial charge in [-0.25, -0.2) is 4.98 Å². The number of carbonyl (C=O) groups is 1. The largest absolute Gasteiger partial charge is 0.328 e. The van der Waals surface area contributed by atoms with E-state index in [0.717, 1.165) is 48.4 Å². The summed E-state index contributed by atoms with van der Waals surface area (Å²) in [6, 6.07) is 8.23. The minimum Gasteiger partial charge on any atom is -0.328 e. The number of aromatic nitrogens is 3. The molecule has 4 rings (SSSR count). The van der Waals surface area contributed by atoms with Crippen LogP contribution in [0.25, 0.3) is 10.2 Å². The minimum atomic E-state index is 0.0609.